The van der Waals surface area contributed by atoms with Gasteiger partial charge in [0.1, 0.15) is 0 Å². The van der Waals surface area contributed by atoms with Gasteiger partial charge in [0.15, 0.2) is 0 Å². The summed E-state index contributed by atoms with van der Waals surface area (Å²) in [5.41, 5.74) is 2.84. The van der Waals surface area contributed by atoms with E-state index in [9.17, 15) is 0 Å². The Bertz CT molecular complexity index is 192. The van der Waals surface area contributed by atoms with Gasteiger partial charge in [-0.15, -0.1) is 0 Å². The number of allylic oxidation sites excluding steroid dienone is 6. The van der Waals surface area contributed by atoms with E-state index >= 15 is 0 Å². The maximum atomic E-state index is 2.27. The standard InChI is InChI=1S/C10H14/c1-3-4-5-10-7-6-9(2)8-10/h4-5,7-8H,3,6H2,1-2H3. The molecule has 1 aliphatic carbocycles. The third kappa shape index (κ3) is 1.87. The molecule has 0 aromatic heterocycles. The number of hydrogen-bond acceptors (Lipinski definition) is 0. The molecule has 0 aromatic rings. The second kappa shape index (κ2) is 3.40. The maximum absolute atomic E-state index is 2.27. The summed E-state index contributed by atoms with van der Waals surface area (Å²) < 4.78 is 0. The number of rotatable bonds is 2. The summed E-state index contributed by atoms with van der Waals surface area (Å²) in [5, 5.41) is 0. The fourth-order valence-corrected chi connectivity index (χ4v) is 1.05. The first-order valence-corrected chi connectivity index (χ1v) is 3.87. The fourth-order valence-electron chi connectivity index (χ4n) is 1.05. The van der Waals surface area contributed by atoms with Crippen LogP contribution >= 0.6 is 0 Å². The average molecular weight is 134 g/mol. The van der Waals surface area contributed by atoms with Crippen LogP contribution in [0, 0.1) is 0 Å². The van der Waals surface area contributed by atoms with E-state index in [0.29, 0.717) is 0 Å². The van der Waals surface area contributed by atoms with E-state index < -0.39 is 0 Å². The lowest BCUT2D eigenvalue weighted by molar-refractivity contribution is 1.22. The van der Waals surface area contributed by atoms with Crippen molar-refractivity contribution in [1.82, 2.24) is 0 Å². The summed E-state index contributed by atoms with van der Waals surface area (Å²) in [6.45, 7) is 4.33. The molecule has 0 bridgehead atoms. The van der Waals surface area contributed by atoms with Gasteiger partial charge in [0.2, 0.25) is 0 Å². The Morgan fingerprint density at radius 3 is 2.90 bits per heavy atom. The lowest BCUT2D eigenvalue weighted by atomic mass is 10.2. The highest BCUT2D eigenvalue weighted by Crippen LogP contribution is 2.17. The molecule has 0 saturated heterocycles. The Morgan fingerprint density at radius 1 is 1.60 bits per heavy atom. The molecule has 0 fully saturated rings. The molecule has 0 atom stereocenters. The molecule has 0 unspecified atom stereocenters. The van der Waals surface area contributed by atoms with Crippen molar-refractivity contribution in [2.24, 2.45) is 0 Å². The minimum atomic E-state index is 1.13. The molecular formula is C10H14. The van der Waals surface area contributed by atoms with Gasteiger partial charge >= 0.3 is 0 Å². The molecule has 0 N–H and O–H groups in total. The molecule has 0 heterocycles. The third-order valence-electron chi connectivity index (χ3n) is 1.62. The predicted molar refractivity (Wildman–Crippen MR) is 45.9 cm³/mol. The van der Waals surface area contributed by atoms with Crippen molar-refractivity contribution in [2.45, 2.75) is 26.7 Å². The molecule has 0 aromatic carbocycles. The normalized spacial score (nSPS) is 17.8. The molecule has 0 radical (unpaired) electrons. The zero-order chi connectivity index (χ0) is 7.40. The van der Waals surface area contributed by atoms with Gasteiger partial charge in [-0.2, -0.15) is 0 Å². The van der Waals surface area contributed by atoms with Crippen LogP contribution < -0.4 is 0 Å². The Balaban J connectivity index is 2.51. The Hall–Kier alpha value is -0.780. The molecule has 0 spiro atoms. The van der Waals surface area contributed by atoms with Gasteiger partial charge in [-0.05, 0) is 25.3 Å². The average Bonchev–Trinajstić information content (AvgIpc) is 2.31. The van der Waals surface area contributed by atoms with Crippen LogP contribution in [-0.4, -0.2) is 0 Å². The van der Waals surface area contributed by atoms with Crippen LogP contribution in [0.15, 0.2) is 35.5 Å². The van der Waals surface area contributed by atoms with Crippen LogP contribution in [0.5, 0.6) is 0 Å². The first kappa shape index (κ1) is 7.33. The Labute approximate surface area is 62.9 Å². The molecule has 10 heavy (non-hydrogen) atoms. The van der Waals surface area contributed by atoms with Crippen molar-refractivity contribution in [3.8, 4) is 0 Å². The van der Waals surface area contributed by atoms with Crippen LogP contribution in [0.2, 0.25) is 0 Å². The predicted octanol–water partition coefficient (Wildman–Crippen LogP) is 3.23. The van der Waals surface area contributed by atoms with Crippen LogP contribution in [0.4, 0.5) is 0 Å². The van der Waals surface area contributed by atoms with Crippen LogP contribution in [-0.2, 0) is 0 Å². The summed E-state index contributed by atoms with van der Waals surface area (Å²) in [5.74, 6) is 0. The zero-order valence-electron chi connectivity index (χ0n) is 6.72. The lowest BCUT2D eigenvalue weighted by Crippen LogP contribution is -1.63. The van der Waals surface area contributed by atoms with Crippen molar-refractivity contribution in [3.63, 3.8) is 0 Å². The second-order valence-corrected chi connectivity index (χ2v) is 2.71. The van der Waals surface area contributed by atoms with Crippen molar-refractivity contribution in [2.75, 3.05) is 0 Å². The summed E-state index contributed by atoms with van der Waals surface area (Å²) in [6.07, 6.45) is 11.2. The lowest BCUT2D eigenvalue weighted by Gasteiger charge is -1.84. The molecule has 0 saturated carbocycles. The molecule has 0 heteroatoms. The minimum Gasteiger partial charge on any atom is -0.0842 e. The van der Waals surface area contributed by atoms with E-state index in [1.165, 1.54) is 11.1 Å². The van der Waals surface area contributed by atoms with Crippen molar-refractivity contribution < 1.29 is 0 Å². The van der Waals surface area contributed by atoms with E-state index in [1.54, 1.807) is 0 Å². The van der Waals surface area contributed by atoms with E-state index in [2.05, 4.69) is 38.2 Å². The van der Waals surface area contributed by atoms with Gasteiger partial charge in [0.25, 0.3) is 0 Å². The maximum Gasteiger partial charge on any atom is -0.0129 e. The van der Waals surface area contributed by atoms with E-state index in [1.807, 2.05) is 0 Å². The Morgan fingerprint density at radius 2 is 2.40 bits per heavy atom. The highest BCUT2D eigenvalue weighted by Gasteiger charge is 1.97. The van der Waals surface area contributed by atoms with E-state index in [-0.39, 0.29) is 0 Å². The van der Waals surface area contributed by atoms with Gasteiger partial charge in [-0.1, -0.05) is 36.8 Å². The van der Waals surface area contributed by atoms with Gasteiger partial charge < -0.3 is 0 Å². The SMILES string of the molecule is CCC=CC1=CCC(C)=C1. The quantitative estimate of drug-likeness (QED) is 0.544. The molecule has 1 aliphatic rings. The summed E-state index contributed by atoms with van der Waals surface area (Å²) in [6, 6.07) is 0. The molecule has 54 valence electrons. The molecule has 1 rings (SSSR count). The first-order valence-electron chi connectivity index (χ1n) is 3.87. The summed E-state index contributed by atoms with van der Waals surface area (Å²) in [7, 11) is 0. The smallest absolute Gasteiger partial charge is 0.0129 e. The monoisotopic (exact) mass is 134 g/mol. The van der Waals surface area contributed by atoms with Gasteiger partial charge in [-0.3, -0.25) is 0 Å². The highest BCUT2D eigenvalue weighted by atomic mass is 14.0. The summed E-state index contributed by atoms with van der Waals surface area (Å²) in [4.78, 5) is 0. The molecule has 0 amide bonds. The molecule has 0 aliphatic heterocycles. The van der Waals surface area contributed by atoms with Crippen molar-refractivity contribution >= 4 is 0 Å². The molecule has 0 nitrogen and oxygen atoms in total. The minimum absolute atomic E-state index is 1.13. The fraction of sp³-hybridized carbons (Fsp3) is 0.400. The largest absolute Gasteiger partial charge is 0.0842 e. The summed E-state index contributed by atoms with van der Waals surface area (Å²) >= 11 is 0. The van der Waals surface area contributed by atoms with Gasteiger partial charge in [0, 0.05) is 0 Å². The Kier molecular flexibility index (Phi) is 2.49. The third-order valence-corrected chi connectivity index (χ3v) is 1.62. The first-order chi connectivity index (χ1) is 4.83. The van der Waals surface area contributed by atoms with Gasteiger partial charge in [-0.25, -0.2) is 0 Å². The second-order valence-electron chi connectivity index (χ2n) is 2.71. The van der Waals surface area contributed by atoms with Crippen molar-refractivity contribution in [3.05, 3.63) is 35.5 Å². The van der Waals surface area contributed by atoms with Gasteiger partial charge in [0.05, 0.1) is 0 Å². The van der Waals surface area contributed by atoms with Crippen LogP contribution in [0.25, 0.3) is 0 Å². The van der Waals surface area contributed by atoms with Crippen LogP contribution in [0.3, 0.4) is 0 Å². The zero-order valence-corrected chi connectivity index (χ0v) is 6.72. The highest BCUT2D eigenvalue weighted by molar-refractivity contribution is 5.39. The topological polar surface area (TPSA) is 0 Å². The molecular weight excluding hydrogens is 120 g/mol. The van der Waals surface area contributed by atoms with Crippen LogP contribution in [0.1, 0.15) is 26.7 Å². The van der Waals surface area contributed by atoms with Crippen molar-refractivity contribution in [1.29, 1.82) is 0 Å². The van der Waals surface area contributed by atoms with E-state index in [4.69, 9.17) is 0 Å². The number of hydrogen-bond donors (Lipinski definition) is 0. The van der Waals surface area contributed by atoms with E-state index in [0.717, 1.165) is 12.8 Å².